The minimum atomic E-state index is -4.27. The van der Waals surface area contributed by atoms with E-state index in [1.807, 2.05) is 13.8 Å². The van der Waals surface area contributed by atoms with Crippen molar-refractivity contribution in [2.24, 2.45) is 0 Å². The van der Waals surface area contributed by atoms with Crippen LogP contribution in [-0.4, -0.2) is 56.9 Å². The summed E-state index contributed by atoms with van der Waals surface area (Å²) in [4.78, 5) is 13.7. The molecular formula is C19H27N3O5S2. The number of hydrogen-bond donors (Lipinski definition) is 0. The Labute approximate surface area is 172 Å². The van der Waals surface area contributed by atoms with E-state index in [1.54, 1.807) is 32.0 Å². The van der Waals surface area contributed by atoms with Gasteiger partial charge in [-0.25, -0.2) is 21.6 Å². The van der Waals surface area contributed by atoms with Crippen LogP contribution < -0.4 is 0 Å². The molecule has 0 unspecified atom stereocenters. The van der Waals surface area contributed by atoms with Gasteiger partial charge in [-0.05, 0) is 37.8 Å². The van der Waals surface area contributed by atoms with E-state index in [-0.39, 0.29) is 4.90 Å². The summed E-state index contributed by atoms with van der Waals surface area (Å²) in [5.74, 6) is 0. The van der Waals surface area contributed by atoms with E-state index in [1.165, 1.54) is 4.90 Å². The summed E-state index contributed by atoms with van der Waals surface area (Å²) in [6.45, 7) is 7.95. The zero-order valence-corrected chi connectivity index (χ0v) is 19.0. The number of hydrogen-bond acceptors (Lipinski definition) is 6. The average molecular weight is 442 g/mol. The molecule has 0 N–H and O–H groups in total. The van der Waals surface area contributed by atoms with Gasteiger partial charge in [0.15, 0.2) is 9.84 Å². The van der Waals surface area contributed by atoms with Gasteiger partial charge in [-0.15, -0.1) is 0 Å². The molecule has 29 heavy (non-hydrogen) atoms. The van der Waals surface area contributed by atoms with E-state index in [0.29, 0.717) is 37.1 Å². The largest absolute Gasteiger partial charge is 0.344 e. The molecule has 10 heteroatoms. The topological polar surface area (TPSA) is 106 Å². The Bertz CT molecular complexity index is 1090. The van der Waals surface area contributed by atoms with Crippen LogP contribution in [0, 0.1) is 0 Å². The normalized spacial score (nSPS) is 12.2. The Morgan fingerprint density at radius 3 is 1.93 bits per heavy atom. The molecule has 1 heterocycles. The molecule has 0 saturated heterocycles. The van der Waals surface area contributed by atoms with Crippen LogP contribution in [-0.2, 0) is 32.5 Å². The van der Waals surface area contributed by atoms with E-state index >= 15 is 0 Å². The van der Waals surface area contributed by atoms with Crippen LogP contribution in [0.15, 0.2) is 39.2 Å². The first kappa shape index (κ1) is 23.1. The maximum atomic E-state index is 13.5. The first-order valence-corrected chi connectivity index (χ1v) is 12.8. The molecule has 160 valence electrons. The first-order chi connectivity index (χ1) is 13.5. The number of rotatable bonds is 7. The van der Waals surface area contributed by atoms with Crippen LogP contribution in [0.25, 0.3) is 0 Å². The Morgan fingerprint density at radius 2 is 1.52 bits per heavy atom. The van der Waals surface area contributed by atoms with Gasteiger partial charge in [0.2, 0.25) is 14.9 Å². The summed E-state index contributed by atoms with van der Waals surface area (Å²) in [7, 11) is -8.22. The van der Waals surface area contributed by atoms with Crippen molar-refractivity contribution in [3.05, 3.63) is 35.5 Å². The van der Waals surface area contributed by atoms with E-state index in [4.69, 9.17) is 0 Å². The fourth-order valence-corrected chi connectivity index (χ4v) is 6.41. The van der Waals surface area contributed by atoms with E-state index in [2.05, 4.69) is 5.10 Å². The zero-order chi connectivity index (χ0) is 22.0. The molecule has 0 saturated carbocycles. The standard InChI is InChI=1S/C19H27N3O5S2/c1-6-14-11-10-12-15(7-2)17(14)29(26,27)18-16(28(5,24)25)13-22(20-18)19(23)21(8-3)9-4/h10-13H,6-9H2,1-5H3. The van der Waals surface area contributed by atoms with Gasteiger partial charge in [0.05, 0.1) is 11.1 Å². The molecule has 0 aliphatic carbocycles. The highest BCUT2D eigenvalue weighted by Gasteiger charge is 2.34. The van der Waals surface area contributed by atoms with E-state index < -0.39 is 35.6 Å². The van der Waals surface area contributed by atoms with E-state index in [9.17, 15) is 21.6 Å². The number of nitrogens with zero attached hydrogens (tertiary/aromatic N) is 3. The SMILES string of the molecule is CCc1cccc(CC)c1S(=O)(=O)c1nn(C(=O)N(CC)CC)cc1S(C)(=O)=O. The zero-order valence-electron chi connectivity index (χ0n) is 17.3. The van der Waals surface area contributed by atoms with Gasteiger partial charge in [0, 0.05) is 19.3 Å². The Hall–Kier alpha value is -2.20. The Morgan fingerprint density at radius 1 is 1.00 bits per heavy atom. The molecule has 0 spiro atoms. The lowest BCUT2D eigenvalue weighted by Crippen LogP contribution is -2.34. The molecule has 0 bridgehead atoms. The van der Waals surface area contributed by atoms with Crippen molar-refractivity contribution >= 4 is 25.7 Å². The number of amides is 1. The highest BCUT2D eigenvalue weighted by atomic mass is 32.2. The van der Waals surface area contributed by atoms with Gasteiger partial charge in [-0.1, -0.05) is 32.0 Å². The number of aryl methyl sites for hydroxylation is 2. The summed E-state index contributed by atoms with van der Waals surface area (Å²) >= 11 is 0. The van der Waals surface area contributed by atoms with Crippen LogP contribution in [0.2, 0.25) is 0 Å². The molecule has 0 aliphatic heterocycles. The lowest BCUT2D eigenvalue weighted by molar-refractivity contribution is 0.201. The fourth-order valence-electron chi connectivity index (χ4n) is 3.16. The van der Waals surface area contributed by atoms with Crippen LogP contribution in [0.4, 0.5) is 4.79 Å². The van der Waals surface area contributed by atoms with Gasteiger partial charge in [0.1, 0.15) is 4.90 Å². The molecule has 2 rings (SSSR count). The molecule has 0 aliphatic rings. The van der Waals surface area contributed by atoms with Crippen molar-refractivity contribution in [2.45, 2.75) is 55.4 Å². The minimum Gasteiger partial charge on any atom is -0.323 e. The van der Waals surface area contributed by atoms with Gasteiger partial charge in [-0.3, -0.25) is 0 Å². The van der Waals surface area contributed by atoms with Gasteiger partial charge in [-0.2, -0.15) is 9.78 Å². The third-order valence-electron chi connectivity index (χ3n) is 4.74. The first-order valence-electron chi connectivity index (χ1n) is 9.47. The highest BCUT2D eigenvalue weighted by Crippen LogP contribution is 2.31. The molecule has 1 aromatic carbocycles. The number of sulfone groups is 2. The number of carbonyl (C=O) groups excluding carboxylic acids is 1. The molecular weight excluding hydrogens is 414 g/mol. The summed E-state index contributed by atoms with van der Waals surface area (Å²) in [5.41, 5.74) is 1.15. The second-order valence-electron chi connectivity index (χ2n) is 6.59. The summed E-state index contributed by atoms with van der Waals surface area (Å²) in [6.07, 6.45) is 2.80. The Balaban J connectivity index is 2.82. The number of carbonyl (C=O) groups is 1. The minimum absolute atomic E-state index is 0.0652. The van der Waals surface area contributed by atoms with Gasteiger partial charge >= 0.3 is 6.03 Å². The summed E-state index contributed by atoms with van der Waals surface area (Å²) < 4.78 is 52.6. The highest BCUT2D eigenvalue weighted by molar-refractivity contribution is 7.94. The van der Waals surface area contributed by atoms with Crippen LogP contribution >= 0.6 is 0 Å². The number of benzene rings is 1. The number of aromatic nitrogens is 2. The van der Waals surface area contributed by atoms with Crippen molar-refractivity contribution in [3.63, 3.8) is 0 Å². The van der Waals surface area contributed by atoms with Crippen molar-refractivity contribution < 1.29 is 21.6 Å². The van der Waals surface area contributed by atoms with Gasteiger partial charge in [0.25, 0.3) is 0 Å². The molecule has 1 amide bonds. The predicted molar refractivity (Wildman–Crippen MR) is 110 cm³/mol. The van der Waals surface area contributed by atoms with Crippen LogP contribution in [0.3, 0.4) is 0 Å². The lowest BCUT2D eigenvalue weighted by Gasteiger charge is -2.17. The molecule has 8 nitrogen and oxygen atoms in total. The van der Waals surface area contributed by atoms with Crippen molar-refractivity contribution in [2.75, 3.05) is 19.3 Å². The second-order valence-corrected chi connectivity index (χ2v) is 10.4. The molecule has 0 radical (unpaired) electrons. The monoisotopic (exact) mass is 441 g/mol. The van der Waals surface area contributed by atoms with Crippen molar-refractivity contribution in [1.82, 2.24) is 14.7 Å². The van der Waals surface area contributed by atoms with Gasteiger partial charge < -0.3 is 4.90 Å². The second kappa shape index (κ2) is 8.66. The molecule has 0 fully saturated rings. The third kappa shape index (κ3) is 4.37. The summed E-state index contributed by atoms with van der Waals surface area (Å²) in [6, 6.07) is 4.59. The Kier molecular flexibility index (Phi) is 6.89. The van der Waals surface area contributed by atoms with E-state index in [0.717, 1.165) is 17.1 Å². The molecule has 2 aromatic rings. The quantitative estimate of drug-likeness (QED) is 0.654. The predicted octanol–water partition coefficient (Wildman–Crippen LogP) is 2.55. The fraction of sp³-hybridized carbons (Fsp3) is 0.474. The molecule has 1 aromatic heterocycles. The molecule has 0 atom stereocenters. The van der Waals surface area contributed by atoms with Crippen LogP contribution in [0.1, 0.15) is 38.8 Å². The maximum Gasteiger partial charge on any atom is 0.344 e. The lowest BCUT2D eigenvalue weighted by atomic mass is 10.1. The smallest absolute Gasteiger partial charge is 0.323 e. The van der Waals surface area contributed by atoms with Crippen molar-refractivity contribution in [3.8, 4) is 0 Å². The van der Waals surface area contributed by atoms with Crippen LogP contribution in [0.5, 0.6) is 0 Å². The summed E-state index contributed by atoms with van der Waals surface area (Å²) in [5, 5.41) is 3.34. The third-order valence-corrected chi connectivity index (χ3v) is 7.84. The average Bonchev–Trinajstić information content (AvgIpc) is 3.15. The maximum absolute atomic E-state index is 13.5. The van der Waals surface area contributed by atoms with Crippen molar-refractivity contribution in [1.29, 1.82) is 0 Å².